The summed E-state index contributed by atoms with van der Waals surface area (Å²) < 4.78 is 6.46. The fraction of sp³-hybridized carbons (Fsp3) is 0.333. The lowest BCUT2D eigenvalue weighted by molar-refractivity contribution is 0.509. The number of nitrogens with zero attached hydrogens (tertiary/aromatic N) is 2. The Morgan fingerprint density at radius 2 is 1.89 bits per heavy atom. The SMILES string of the molecule is Cc1cc(Br)cc(C)c1Nc1nnc(C(C)Cl)o1. The van der Waals surface area contributed by atoms with Crippen LogP contribution in [-0.2, 0) is 0 Å². The van der Waals surface area contributed by atoms with Crippen molar-refractivity contribution in [3.8, 4) is 0 Å². The number of aryl methyl sites for hydroxylation is 2. The van der Waals surface area contributed by atoms with Crippen molar-refractivity contribution >= 4 is 39.2 Å². The average Bonchev–Trinajstić information content (AvgIpc) is 2.71. The van der Waals surface area contributed by atoms with Crippen LogP contribution in [0.1, 0.15) is 29.3 Å². The summed E-state index contributed by atoms with van der Waals surface area (Å²) in [5, 5.41) is 10.6. The van der Waals surface area contributed by atoms with Crippen LogP contribution in [0.3, 0.4) is 0 Å². The zero-order chi connectivity index (χ0) is 13.3. The molecule has 1 atom stereocenters. The van der Waals surface area contributed by atoms with Crippen LogP contribution in [0, 0.1) is 13.8 Å². The minimum absolute atomic E-state index is 0.292. The van der Waals surface area contributed by atoms with E-state index in [-0.39, 0.29) is 5.38 Å². The zero-order valence-corrected chi connectivity index (χ0v) is 12.6. The predicted octanol–water partition coefficient (Wildman–Crippen LogP) is 4.49. The van der Waals surface area contributed by atoms with Crippen molar-refractivity contribution in [3.05, 3.63) is 33.6 Å². The van der Waals surface area contributed by atoms with Crippen LogP contribution < -0.4 is 5.32 Å². The highest BCUT2D eigenvalue weighted by Crippen LogP contribution is 2.28. The summed E-state index contributed by atoms with van der Waals surface area (Å²) in [6.07, 6.45) is 0. The smallest absolute Gasteiger partial charge is 0.320 e. The van der Waals surface area contributed by atoms with Gasteiger partial charge in [0.15, 0.2) is 0 Å². The first-order valence-electron chi connectivity index (χ1n) is 5.48. The average molecular weight is 331 g/mol. The topological polar surface area (TPSA) is 51.0 Å². The van der Waals surface area contributed by atoms with Gasteiger partial charge in [0.05, 0.1) is 0 Å². The van der Waals surface area contributed by atoms with Gasteiger partial charge in [0, 0.05) is 10.2 Å². The van der Waals surface area contributed by atoms with Gasteiger partial charge in [-0.1, -0.05) is 21.0 Å². The highest BCUT2D eigenvalue weighted by molar-refractivity contribution is 9.10. The van der Waals surface area contributed by atoms with Crippen molar-refractivity contribution in [1.29, 1.82) is 0 Å². The lowest BCUT2D eigenvalue weighted by Gasteiger charge is -2.10. The highest BCUT2D eigenvalue weighted by atomic mass is 79.9. The normalized spacial score (nSPS) is 12.5. The standard InChI is InChI=1S/C12H13BrClN3O/c1-6-4-9(13)5-7(2)10(6)15-12-17-16-11(18-12)8(3)14/h4-5,8H,1-3H3,(H,15,17). The second-order valence-electron chi connectivity index (χ2n) is 4.10. The van der Waals surface area contributed by atoms with Crippen molar-refractivity contribution in [3.63, 3.8) is 0 Å². The number of rotatable bonds is 3. The molecule has 1 unspecified atom stereocenters. The van der Waals surface area contributed by atoms with E-state index in [1.54, 1.807) is 6.92 Å². The van der Waals surface area contributed by atoms with Crippen molar-refractivity contribution in [2.24, 2.45) is 0 Å². The van der Waals surface area contributed by atoms with Crippen molar-refractivity contribution in [2.75, 3.05) is 5.32 Å². The van der Waals surface area contributed by atoms with Gasteiger partial charge < -0.3 is 9.73 Å². The van der Waals surface area contributed by atoms with Crippen molar-refractivity contribution < 1.29 is 4.42 Å². The van der Waals surface area contributed by atoms with E-state index in [0.29, 0.717) is 11.9 Å². The van der Waals surface area contributed by atoms with Crippen LogP contribution in [-0.4, -0.2) is 10.2 Å². The molecule has 2 aromatic rings. The molecule has 1 N–H and O–H groups in total. The Labute approximate surface area is 119 Å². The molecule has 0 fully saturated rings. The molecule has 96 valence electrons. The molecule has 1 aromatic heterocycles. The maximum Gasteiger partial charge on any atom is 0.320 e. The van der Waals surface area contributed by atoms with Crippen LogP contribution in [0.15, 0.2) is 21.0 Å². The molecule has 1 aromatic carbocycles. The number of aromatic nitrogens is 2. The third-order valence-electron chi connectivity index (χ3n) is 2.51. The summed E-state index contributed by atoms with van der Waals surface area (Å²) in [5.74, 6) is 0.409. The van der Waals surface area contributed by atoms with Gasteiger partial charge in [-0.05, 0) is 44.0 Å². The van der Waals surface area contributed by atoms with E-state index in [9.17, 15) is 0 Å². The van der Waals surface area contributed by atoms with Gasteiger partial charge >= 0.3 is 6.01 Å². The molecule has 0 saturated heterocycles. The maximum atomic E-state index is 5.87. The van der Waals surface area contributed by atoms with Crippen LogP contribution in [0.2, 0.25) is 0 Å². The number of benzene rings is 1. The van der Waals surface area contributed by atoms with Gasteiger partial charge in [0.25, 0.3) is 0 Å². The molecule has 4 nitrogen and oxygen atoms in total. The minimum atomic E-state index is -0.292. The van der Waals surface area contributed by atoms with E-state index in [1.165, 1.54) is 0 Å². The van der Waals surface area contributed by atoms with E-state index >= 15 is 0 Å². The van der Waals surface area contributed by atoms with Gasteiger partial charge in [0.1, 0.15) is 5.38 Å². The van der Waals surface area contributed by atoms with E-state index in [2.05, 4.69) is 31.4 Å². The van der Waals surface area contributed by atoms with Crippen LogP contribution in [0.25, 0.3) is 0 Å². The first kappa shape index (κ1) is 13.4. The molecule has 0 amide bonds. The second-order valence-corrected chi connectivity index (χ2v) is 5.67. The van der Waals surface area contributed by atoms with Gasteiger partial charge in [0.2, 0.25) is 5.89 Å². The lowest BCUT2D eigenvalue weighted by atomic mass is 10.1. The Hall–Kier alpha value is -1.07. The van der Waals surface area contributed by atoms with Crippen molar-refractivity contribution in [1.82, 2.24) is 10.2 Å². The molecule has 0 radical (unpaired) electrons. The Morgan fingerprint density at radius 3 is 2.39 bits per heavy atom. The number of nitrogens with one attached hydrogen (secondary N) is 1. The second kappa shape index (κ2) is 5.28. The van der Waals surface area contributed by atoms with Crippen LogP contribution in [0.4, 0.5) is 11.7 Å². The Kier molecular flexibility index (Phi) is 3.92. The summed E-state index contributed by atoms with van der Waals surface area (Å²) in [4.78, 5) is 0. The number of hydrogen-bond acceptors (Lipinski definition) is 4. The highest BCUT2D eigenvalue weighted by Gasteiger charge is 2.13. The van der Waals surface area contributed by atoms with Gasteiger partial charge in [-0.15, -0.1) is 16.7 Å². The van der Waals surface area contributed by atoms with Crippen molar-refractivity contribution in [2.45, 2.75) is 26.1 Å². The third kappa shape index (κ3) is 2.84. The van der Waals surface area contributed by atoms with Gasteiger partial charge in [-0.25, -0.2) is 0 Å². The number of alkyl halides is 1. The van der Waals surface area contributed by atoms with Gasteiger partial charge in [-0.3, -0.25) is 0 Å². The number of hydrogen-bond donors (Lipinski definition) is 1. The monoisotopic (exact) mass is 329 g/mol. The summed E-state index contributed by atoms with van der Waals surface area (Å²) >= 11 is 9.33. The van der Waals surface area contributed by atoms with E-state index in [1.807, 2.05) is 26.0 Å². The van der Waals surface area contributed by atoms with E-state index in [4.69, 9.17) is 16.0 Å². The Bertz CT molecular complexity index is 545. The zero-order valence-electron chi connectivity index (χ0n) is 10.3. The third-order valence-corrected chi connectivity index (χ3v) is 3.15. The molecule has 0 saturated carbocycles. The molecule has 2 rings (SSSR count). The first-order chi connectivity index (χ1) is 8.47. The quantitative estimate of drug-likeness (QED) is 0.842. The first-order valence-corrected chi connectivity index (χ1v) is 6.71. The Balaban J connectivity index is 2.28. The molecule has 0 spiro atoms. The molecule has 0 bridgehead atoms. The summed E-state index contributed by atoms with van der Waals surface area (Å²) in [7, 11) is 0. The fourth-order valence-corrected chi connectivity index (χ4v) is 2.44. The van der Waals surface area contributed by atoms with Crippen LogP contribution in [0.5, 0.6) is 0 Å². The Morgan fingerprint density at radius 1 is 1.28 bits per heavy atom. The maximum absolute atomic E-state index is 5.87. The molecule has 6 heteroatoms. The number of anilines is 2. The summed E-state index contributed by atoms with van der Waals surface area (Å²) in [5.41, 5.74) is 3.16. The largest absolute Gasteiger partial charge is 0.406 e. The lowest BCUT2D eigenvalue weighted by Crippen LogP contribution is -1.96. The van der Waals surface area contributed by atoms with Crippen LogP contribution >= 0.6 is 27.5 Å². The fourth-order valence-electron chi connectivity index (χ4n) is 1.66. The molecule has 1 heterocycles. The van der Waals surface area contributed by atoms with Gasteiger partial charge in [-0.2, -0.15) is 0 Å². The molecule has 18 heavy (non-hydrogen) atoms. The minimum Gasteiger partial charge on any atom is -0.406 e. The number of halogens is 2. The predicted molar refractivity (Wildman–Crippen MR) is 75.5 cm³/mol. The summed E-state index contributed by atoms with van der Waals surface area (Å²) in [6, 6.07) is 4.40. The van der Waals surface area contributed by atoms with E-state index < -0.39 is 0 Å². The van der Waals surface area contributed by atoms with E-state index in [0.717, 1.165) is 21.3 Å². The molecular weight excluding hydrogens is 318 g/mol. The summed E-state index contributed by atoms with van der Waals surface area (Å²) in [6.45, 7) is 5.82. The molecule has 0 aliphatic rings. The molecular formula is C12H13BrClN3O. The molecule has 0 aliphatic carbocycles. The molecule has 0 aliphatic heterocycles.